The number of hydrogen-bond donors (Lipinski definition) is 0. The lowest BCUT2D eigenvalue weighted by molar-refractivity contribution is 0.116. The zero-order chi connectivity index (χ0) is 10.2. The van der Waals surface area contributed by atoms with Gasteiger partial charge in [0.05, 0.1) is 11.9 Å². The first-order chi connectivity index (χ1) is 5.45. The van der Waals surface area contributed by atoms with Gasteiger partial charge in [-0.15, -0.1) is 0 Å². The molecule has 76 valence electrons. The van der Waals surface area contributed by atoms with Crippen LogP contribution in [0.25, 0.3) is 0 Å². The fraction of sp³-hybridized carbons (Fsp3) is 1.00. The van der Waals surface area contributed by atoms with Crippen LogP contribution >= 0.6 is 0 Å². The van der Waals surface area contributed by atoms with E-state index in [-0.39, 0.29) is 11.9 Å². The Labute approximate surface area is 76.0 Å². The van der Waals surface area contributed by atoms with E-state index < -0.39 is 9.84 Å². The van der Waals surface area contributed by atoms with Gasteiger partial charge in [-0.05, 0) is 13.3 Å². The second-order valence-corrected chi connectivity index (χ2v) is 4.72. The van der Waals surface area contributed by atoms with Gasteiger partial charge in [-0.2, -0.15) is 0 Å². The van der Waals surface area contributed by atoms with Crippen molar-refractivity contribution in [3.63, 3.8) is 0 Å². The Kier molecular flexibility index (Phi) is 9.09. The van der Waals surface area contributed by atoms with Gasteiger partial charge in [-0.3, -0.25) is 0 Å². The lowest BCUT2D eigenvalue weighted by atomic mass is 10.3. The molecule has 0 saturated heterocycles. The third-order valence-corrected chi connectivity index (χ3v) is 2.27. The van der Waals surface area contributed by atoms with Crippen molar-refractivity contribution < 1.29 is 13.2 Å². The van der Waals surface area contributed by atoms with Gasteiger partial charge in [-0.1, -0.05) is 13.8 Å². The molecule has 0 rings (SSSR count). The molecule has 0 radical (unpaired) electrons. The summed E-state index contributed by atoms with van der Waals surface area (Å²) in [5, 5.41) is 0. The molecule has 0 fully saturated rings. The van der Waals surface area contributed by atoms with Gasteiger partial charge in [0.25, 0.3) is 0 Å². The summed E-state index contributed by atoms with van der Waals surface area (Å²) in [6.07, 6.45) is 1.85. The van der Waals surface area contributed by atoms with Crippen molar-refractivity contribution in [3.05, 3.63) is 0 Å². The van der Waals surface area contributed by atoms with Crippen LogP contribution in [-0.4, -0.2) is 33.6 Å². The van der Waals surface area contributed by atoms with Crippen LogP contribution < -0.4 is 0 Å². The zero-order valence-electron chi connectivity index (χ0n) is 8.62. The zero-order valence-corrected chi connectivity index (χ0v) is 9.44. The van der Waals surface area contributed by atoms with Gasteiger partial charge in [0.15, 0.2) is 0 Å². The van der Waals surface area contributed by atoms with Crippen LogP contribution in [0.2, 0.25) is 0 Å². The monoisotopic (exact) mass is 196 g/mol. The molecule has 0 spiro atoms. The predicted molar refractivity (Wildman–Crippen MR) is 52.1 cm³/mol. The summed E-state index contributed by atoms with van der Waals surface area (Å²) in [6.45, 7) is 5.85. The van der Waals surface area contributed by atoms with E-state index in [2.05, 4.69) is 0 Å². The van der Waals surface area contributed by atoms with Gasteiger partial charge in [0.1, 0.15) is 9.84 Å². The van der Waals surface area contributed by atoms with Crippen molar-refractivity contribution in [3.8, 4) is 0 Å². The van der Waals surface area contributed by atoms with E-state index in [1.165, 1.54) is 6.26 Å². The van der Waals surface area contributed by atoms with Crippen LogP contribution in [-0.2, 0) is 14.6 Å². The molecule has 0 N–H and O–H groups in total. The molecular formula is C8H20O3S. The molecule has 4 heteroatoms. The van der Waals surface area contributed by atoms with Crippen LogP contribution in [0.3, 0.4) is 0 Å². The molecule has 12 heavy (non-hydrogen) atoms. The molecule has 0 amide bonds. The van der Waals surface area contributed by atoms with Gasteiger partial charge in [-0.25, -0.2) is 8.42 Å². The van der Waals surface area contributed by atoms with E-state index in [9.17, 15) is 8.42 Å². The predicted octanol–water partition coefficient (Wildman–Crippen LogP) is 1.48. The fourth-order valence-electron chi connectivity index (χ4n) is 0.498. The van der Waals surface area contributed by atoms with E-state index in [1.54, 1.807) is 7.11 Å². The standard InChI is InChI=1S/C6H14O3S.C2H6/c1-6(9-2)4-5-10(3,7)8;1-2/h6H,4-5H2,1-3H3;1-2H3. The molecule has 0 aliphatic rings. The molecule has 0 aromatic rings. The summed E-state index contributed by atoms with van der Waals surface area (Å²) < 4.78 is 26.1. The molecule has 0 heterocycles. The fourth-order valence-corrected chi connectivity index (χ4v) is 1.26. The average Bonchev–Trinajstić information content (AvgIpc) is 2.03. The summed E-state index contributed by atoms with van der Waals surface area (Å²) in [4.78, 5) is 0. The molecule has 0 saturated carbocycles. The van der Waals surface area contributed by atoms with Crippen LogP contribution in [0.15, 0.2) is 0 Å². The van der Waals surface area contributed by atoms with Gasteiger partial charge >= 0.3 is 0 Å². The third kappa shape index (κ3) is 12.6. The third-order valence-electron chi connectivity index (χ3n) is 1.30. The van der Waals surface area contributed by atoms with Crippen molar-refractivity contribution in [1.82, 2.24) is 0 Å². The normalized spacial score (nSPS) is 13.1. The summed E-state index contributed by atoms with van der Waals surface area (Å²) in [6, 6.07) is 0. The highest BCUT2D eigenvalue weighted by atomic mass is 32.2. The Hall–Kier alpha value is -0.0900. The summed E-state index contributed by atoms with van der Waals surface area (Å²) in [7, 11) is -1.23. The van der Waals surface area contributed by atoms with Crippen molar-refractivity contribution in [2.75, 3.05) is 19.1 Å². The van der Waals surface area contributed by atoms with Crippen molar-refractivity contribution in [1.29, 1.82) is 0 Å². The molecule has 3 nitrogen and oxygen atoms in total. The average molecular weight is 196 g/mol. The SMILES string of the molecule is CC.COC(C)CCS(C)(=O)=O. The highest BCUT2D eigenvalue weighted by Gasteiger charge is 2.05. The second kappa shape index (κ2) is 7.55. The molecule has 0 bridgehead atoms. The van der Waals surface area contributed by atoms with Crippen molar-refractivity contribution >= 4 is 9.84 Å². The molecular weight excluding hydrogens is 176 g/mol. The minimum atomic E-state index is -2.81. The van der Waals surface area contributed by atoms with Crippen LogP contribution in [0.1, 0.15) is 27.2 Å². The van der Waals surface area contributed by atoms with Crippen molar-refractivity contribution in [2.24, 2.45) is 0 Å². The van der Waals surface area contributed by atoms with Crippen LogP contribution in [0.4, 0.5) is 0 Å². The Balaban J connectivity index is 0. The lowest BCUT2D eigenvalue weighted by Gasteiger charge is -2.06. The van der Waals surface area contributed by atoms with Gasteiger partial charge < -0.3 is 4.74 Å². The summed E-state index contributed by atoms with van der Waals surface area (Å²) in [5.74, 6) is 0.210. The molecule has 0 aliphatic heterocycles. The lowest BCUT2D eigenvalue weighted by Crippen LogP contribution is -2.12. The molecule has 1 unspecified atom stereocenters. The Morgan fingerprint density at radius 1 is 1.33 bits per heavy atom. The van der Waals surface area contributed by atoms with Crippen LogP contribution in [0.5, 0.6) is 0 Å². The van der Waals surface area contributed by atoms with Gasteiger partial charge in [0.2, 0.25) is 0 Å². The number of sulfone groups is 1. The van der Waals surface area contributed by atoms with E-state index >= 15 is 0 Å². The van der Waals surface area contributed by atoms with E-state index in [4.69, 9.17) is 4.74 Å². The Morgan fingerprint density at radius 3 is 2.00 bits per heavy atom. The number of hydrogen-bond acceptors (Lipinski definition) is 3. The highest BCUT2D eigenvalue weighted by Crippen LogP contribution is 1.97. The first-order valence-corrected chi connectivity index (χ1v) is 6.22. The minimum Gasteiger partial charge on any atom is -0.382 e. The Morgan fingerprint density at radius 2 is 1.75 bits per heavy atom. The molecule has 0 aromatic carbocycles. The maximum atomic E-state index is 10.6. The summed E-state index contributed by atoms with van der Waals surface area (Å²) >= 11 is 0. The number of methoxy groups -OCH3 is 1. The largest absolute Gasteiger partial charge is 0.382 e. The highest BCUT2D eigenvalue weighted by molar-refractivity contribution is 7.90. The minimum absolute atomic E-state index is 0.0368. The quantitative estimate of drug-likeness (QED) is 0.684. The topological polar surface area (TPSA) is 43.4 Å². The first kappa shape index (κ1) is 14.4. The smallest absolute Gasteiger partial charge is 0.147 e. The number of rotatable bonds is 4. The molecule has 0 aromatic heterocycles. The van der Waals surface area contributed by atoms with E-state index in [1.807, 2.05) is 20.8 Å². The first-order valence-electron chi connectivity index (χ1n) is 4.16. The maximum absolute atomic E-state index is 10.6. The number of ether oxygens (including phenoxy) is 1. The van der Waals surface area contributed by atoms with E-state index in [0.717, 1.165) is 0 Å². The molecule has 0 aliphatic carbocycles. The Bertz CT molecular complexity index is 173. The van der Waals surface area contributed by atoms with Gasteiger partial charge in [0, 0.05) is 13.4 Å². The van der Waals surface area contributed by atoms with Crippen molar-refractivity contribution in [2.45, 2.75) is 33.3 Å². The summed E-state index contributed by atoms with van der Waals surface area (Å²) in [5.41, 5.74) is 0. The molecule has 1 atom stereocenters. The maximum Gasteiger partial charge on any atom is 0.147 e. The second-order valence-electron chi connectivity index (χ2n) is 2.46. The van der Waals surface area contributed by atoms with E-state index in [0.29, 0.717) is 6.42 Å². The van der Waals surface area contributed by atoms with Crippen LogP contribution in [0, 0.1) is 0 Å².